The molecule has 3 nitrogen and oxygen atoms in total. The number of aromatic hydroxyl groups is 1. The molecule has 0 saturated heterocycles. The SMILES string of the molecule is COc1cc(-c2cc3cc(C)ccc3[nH]2)ccc1O. The number of rotatable bonds is 2. The number of aromatic amines is 1. The zero-order valence-electron chi connectivity index (χ0n) is 10.9. The van der Waals surface area contributed by atoms with E-state index < -0.39 is 0 Å². The first-order chi connectivity index (χ1) is 9.17. The first kappa shape index (κ1) is 11.7. The number of phenols is 1. The molecule has 0 bridgehead atoms. The van der Waals surface area contributed by atoms with Crippen molar-refractivity contribution < 1.29 is 9.84 Å². The molecule has 3 heteroatoms. The van der Waals surface area contributed by atoms with Gasteiger partial charge in [0.05, 0.1) is 7.11 Å². The lowest BCUT2D eigenvalue weighted by molar-refractivity contribution is 0.373. The molecule has 2 aromatic carbocycles. The lowest BCUT2D eigenvalue weighted by Crippen LogP contribution is -1.85. The molecule has 0 radical (unpaired) electrons. The summed E-state index contributed by atoms with van der Waals surface area (Å²) in [6.45, 7) is 2.08. The van der Waals surface area contributed by atoms with Crippen LogP contribution in [0, 0.1) is 6.92 Å². The van der Waals surface area contributed by atoms with Crippen molar-refractivity contribution in [2.24, 2.45) is 0 Å². The molecule has 19 heavy (non-hydrogen) atoms. The predicted octanol–water partition coefficient (Wildman–Crippen LogP) is 3.86. The first-order valence-electron chi connectivity index (χ1n) is 6.14. The second-order valence-corrected chi connectivity index (χ2v) is 4.66. The highest BCUT2D eigenvalue weighted by Crippen LogP contribution is 2.32. The molecule has 0 unspecified atom stereocenters. The summed E-state index contributed by atoms with van der Waals surface area (Å²) in [4.78, 5) is 3.37. The monoisotopic (exact) mass is 253 g/mol. The largest absolute Gasteiger partial charge is 0.504 e. The normalized spacial score (nSPS) is 10.8. The van der Waals surface area contributed by atoms with Crippen molar-refractivity contribution in [2.75, 3.05) is 7.11 Å². The summed E-state index contributed by atoms with van der Waals surface area (Å²) in [5.41, 5.74) is 4.34. The number of H-pyrrole nitrogens is 1. The van der Waals surface area contributed by atoms with E-state index >= 15 is 0 Å². The van der Waals surface area contributed by atoms with Gasteiger partial charge in [0.25, 0.3) is 0 Å². The summed E-state index contributed by atoms with van der Waals surface area (Å²) < 4.78 is 5.14. The van der Waals surface area contributed by atoms with Gasteiger partial charge in [-0.2, -0.15) is 0 Å². The molecular weight excluding hydrogens is 238 g/mol. The summed E-state index contributed by atoms with van der Waals surface area (Å²) >= 11 is 0. The number of hydrogen-bond acceptors (Lipinski definition) is 2. The average Bonchev–Trinajstić information content (AvgIpc) is 2.82. The zero-order valence-corrected chi connectivity index (χ0v) is 10.9. The number of benzene rings is 2. The minimum absolute atomic E-state index is 0.151. The maximum absolute atomic E-state index is 9.62. The molecule has 1 aromatic heterocycles. The summed E-state index contributed by atoms with van der Waals surface area (Å²) in [6, 6.07) is 13.8. The summed E-state index contributed by atoms with van der Waals surface area (Å²) in [6.07, 6.45) is 0. The van der Waals surface area contributed by atoms with Crippen LogP contribution in [0.2, 0.25) is 0 Å². The molecule has 0 saturated carbocycles. The Morgan fingerprint density at radius 3 is 2.68 bits per heavy atom. The topological polar surface area (TPSA) is 45.2 Å². The van der Waals surface area contributed by atoms with Crippen LogP contribution in [-0.2, 0) is 0 Å². The van der Waals surface area contributed by atoms with Crippen molar-refractivity contribution >= 4 is 10.9 Å². The van der Waals surface area contributed by atoms with Gasteiger partial charge in [-0.05, 0) is 43.3 Å². The van der Waals surface area contributed by atoms with E-state index in [1.54, 1.807) is 13.2 Å². The van der Waals surface area contributed by atoms with Gasteiger partial charge in [0.1, 0.15) is 0 Å². The van der Waals surface area contributed by atoms with Crippen molar-refractivity contribution in [1.82, 2.24) is 4.98 Å². The minimum Gasteiger partial charge on any atom is -0.504 e. The molecule has 3 aromatic rings. The fraction of sp³-hybridized carbons (Fsp3) is 0.125. The van der Waals surface area contributed by atoms with Gasteiger partial charge in [0.2, 0.25) is 0 Å². The Morgan fingerprint density at radius 2 is 1.89 bits per heavy atom. The molecule has 2 N–H and O–H groups in total. The Bertz CT molecular complexity index is 744. The van der Waals surface area contributed by atoms with Gasteiger partial charge in [-0.3, -0.25) is 0 Å². The summed E-state index contributed by atoms with van der Waals surface area (Å²) in [5, 5.41) is 10.8. The van der Waals surface area contributed by atoms with E-state index in [1.165, 1.54) is 10.9 Å². The molecule has 0 atom stereocenters. The van der Waals surface area contributed by atoms with Gasteiger partial charge in [-0.1, -0.05) is 11.6 Å². The number of nitrogens with one attached hydrogen (secondary N) is 1. The smallest absolute Gasteiger partial charge is 0.161 e. The van der Waals surface area contributed by atoms with Crippen LogP contribution in [-0.4, -0.2) is 17.2 Å². The van der Waals surface area contributed by atoms with E-state index in [2.05, 4.69) is 36.2 Å². The van der Waals surface area contributed by atoms with Gasteiger partial charge >= 0.3 is 0 Å². The van der Waals surface area contributed by atoms with Crippen molar-refractivity contribution in [3.05, 3.63) is 48.0 Å². The van der Waals surface area contributed by atoms with Gasteiger partial charge < -0.3 is 14.8 Å². The Balaban J connectivity index is 2.13. The minimum atomic E-state index is 0.151. The van der Waals surface area contributed by atoms with E-state index in [9.17, 15) is 5.11 Å². The Morgan fingerprint density at radius 1 is 1.05 bits per heavy atom. The van der Waals surface area contributed by atoms with Crippen molar-refractivity contribution in [3.63, 3.8) is 0 Å². The van der Waals surface area contributed by atoms with Gasteiger partial charge in [-0.15, -0.1) is 0 Å². The highest BCUT2D eigenvalue weighted by Gasteiger charge is 2.07. The van der Waals surface area contributed by atoms with Gasteiger partial charge in [0.15, 0.2) is 11.5 Å². The second kappa shape index (κ2) is 4.35. The number of aromatic nitrogens is 1. The van der Waals surface area contributed by atoms with Crippen molar-refractivity contribution in [2.45, 2.75) is 6.92 Å². The predicted molar refractivity (Wildman–Crippen MR) is 76.7 cm³/mol. The van der Waals surface area contributed by atoms with Crippen molar-refractivity contribution in [1.29, 1.82) is 0 Å². The number of methoxy groups -OCH3 is 1. The highest BCUT2D eigenvalue weighted by molar-refractivity contribution is 5.86. The first-order valence-corrected chi connectivity index (χ1v) is 6.14. The maximum Gasteiger partial charge on any atom is 0.161 e. The molecule has 3 rings (SSSR count). The summed E-state index contributed by atoms with van der Waals surface area (Å²) in [7, 11) is 1.55. The molecule has 0 fully saturated rings. The quantitative estimate of drug-likeness (QED) is 0.728. The number of ether oxygens (including phenoxy) is 1. The van der Waals surface area contributed by atoms with Crippen LogP contribution in [0.25, 0.3) is 22.2 Å². The van der Waals surface area contributed by atoms with Crippen LogP contribution in [0.15, 0.2) is 42.5 Å². The van der Waals surface area contributed by atoms with Crippen LogP contribution >= 0.6 is 0 Å². The summed E-state index contributed by atoms with van der Waals surface area (Å²) in [5.74, 6) is 0.630. The number of aryl methyl sites for hydroxylation is 1. The van der Waals surface area contributed by atoms with Crippen LogP contribution in [0.3, 0.4) is 0 Å². The number of hydrogen-bond donors (Lipinski definition) is 2. The molecular formula is C16H15NO2. The van der Waals surface area contributed by atoms with E-state index in [0.717, 1.165) is 16.8 Å². The van der Waals surface area contributed by atoms with Crippen LogP contribution in [0.4, 0.5) is 0 Å². The van der Waals surface area contributed by atoms with Crippen LogP contribution in [0.1, 0.15) is 5.56 Å². The van der Waals surface area contributed by atoms with Gasteiger partial charge in [-0.25, -0.2) is 0 Å². The maximum atomic E-state index is 9.62. The number of fused-ring (bicyclic) bond motifs is 1. The second-order valence-electron chi connectivity index (χ2n) is 4.66. The van der Waals surface area contributed by atoms with Crippen LogP contribution < -0.4 is 4.74 Å². The molecule has 0 aliphatic heterocycles. The molecule has 0 amide bonds. The Kier molecular flexibility index (Phi) is 2.67. The Hall–Kier alpha value is -2.42. The lowest BCUT2D eigenvalue weighted by atomic mass is 10.1. The third-order valence-corrected chi connectivity index (χ3v) is 3.27. The number of phenolic OH excluding ortho intramolecular Hbond substituents is 1. The molecule has 96 valence electrons. The standard InChI is InChI=1S/C16H15NO2/c1-10-3-5-13-12(7-10)8-14(17-13)11-4-6-15(18)16(9-11)19-2/h3-9,17-18H,1-2H3. The third kappa shape index (κ3) is 2.03. The average molecular weight is 253 g/mol. The van der Waals surface area contributed by atoms with Crippen LogP contribution in [0.5, 0.6) is 11.5 Å². The fourth-order valence-electron chi connectivity index (χ4n) is 2.25. The van der Waals surface area contributed by atoms with E-state index in [1.807, 2.05) is 12.1 Å². The molecule has 0 spiro atoms. The van der Waals surface area contributed by atoms with Gasteiger partial charge in [0, 0.05) is 22.2 Å². The highest BCUT2D eigenvalue weighted by atomic mass is 16.5. The van der Waals surface area contributed by atoms with Crippen molar-refractivity contribution in [3.8, 4) is 22.8 Å². The van der Waals surface area contributed by atoms with E-state index in [0.29, 0.717) is 5.75 Å². The lowest BCUT2D eigenvalue weighted by Gasteiger charge is -2.05. The molecule has 0 aliphatic carbocycles. The third-order valence-electron chi connectivity index (χ3n) is 3.27. The van der Waals surface area contributed by atoms with E-state index in [4.69, 9.17) is 4.74 Å². The Labute approximate surface area is 111 Å². The molecule has 1 heterocycles. The fourth-order valence-corrected chi connectivity index (χ4v) is 2.25. The molecule has 0 aliphatic rings. The zero-order chi connectivity index (χ0) is 13.4. The van der Waals surface area contributed by atoms with E-state index in [-0.39, 0.29) is 5.75 Å².